The lowest BCUT2D eigenvalue weighted by molar-refractivity contribution is 0.303. The maximum absolute atomic E-state index is 5.86. The first-order valence-electron chi connectivity index (χ1n) is 7.52. The number of allylic oxidation sites excluding steroid dienone is 1. The Labute approximate surface area is 123 Å². The van der Waals surface area contributed by atoms with E-state index in [4.69, 9.17) is 9.47 Å². The summed E-state index contributed by atoms with van der Waals surface area (Å²) in [6.45, 7) is 11.4. The van der Waals surface area contributed by atoms with Crippen molar-refractivity contribution >= 4 is 0 Å². The van der Waals surface area contributed by atoms with Gasteiger partial charge in [-0.2, -0.15) is 0 Å². The quantitative estimate of drug-likeness (QED) is 0.495. The number of ether oxygens (including phenoxy) is 2. The van der Waals surface area contributed by atoms with Gasteiger partial charge >= 0.3 is 0 Å². The highest BCUT2D eigenvalue weighted by atomic mass is 16.5. The smallest absolute Gasteiger partial charge is 0.123 e. The average Bonchev–Trinajstić information content (AvgIpc) is 2.45. The Balaban J connectivity index is 2.48. The minimum absolute atomic E-state index is 0.677. The number of hydrogen-bond donors (Lipinski definition) is 1. The van der Waals surface area contributed by atoms with Crippen molar-refractivity contribution in [1.29, 1.82) is 0 Å². The van der Waals surface area contributed by atoms with E-state index in [-0.39, 0.29) is 0 Å². The van der Waals surface area contributed by atoms with Crippen molar-refractivity contribution in [3.8, 4) is 11.5 Å². The van der Waals surface area contributed by atoms with Crippen LogP contribution in [0, 0.1) is 0 Å². The molecule has 0 spiro atoms. The van der Waals surface area contributed by atoms with E-state index < -0.39 is 0 Å². The van der Waals surface area contributed by atoms with Crippen LogP contribution in [0.3, 0.4) is 0 Å². The molecule has 0 heterocycles. The number of hydrogen-bond acceptors (Lipinski definition) is 3. The van der Waals surface area contributed by atoms with Crippen molar-refractivity contribution < 1.29 is 9.47 Å². The van der Waals surface area contributed by atoms with Gasteiger partial charge in [0.2, 0.25) is 0 Å². The highest BCUT2D eigenvalue weighted by molar-refractivity contribution is 5.41. The average molecular weight is 277 g/mol. The van der Waals surface area contributed by atoms with E-state index in [0.29, 0.717) is 6.61 Å². The van der Waals surface area contributed by atoms with Crippen molar-refractivity contribution in [3.63, 3.8) is 0 Å². The number of benzene rings is 1. The molecular formula is C17H27NO2. The Bertz CT molecular complexity index is 391. The maximum atomic E-state index is 5.86. The van der Waals surface area contributed by atoms with E-state index in [2.05, 4.69) is 18.8 Å². The minimum Gasteiger partial charge on any atom is -0.494 e. The van der Waals surface area contributed by atoms with E-state index in [0.717, 1.165) is 49.6 Å². The molecule has 0 aromatic heterocycles. The molecule has 0 atom stereocenters. The van der Waals surface area contributed by atoms with Crippen molar-refractivity contribution in [3.05, 3.63) is 36.4 Å². The first kappa shape index (κ1) is 16.6. The van der Waals surface area contributed by atoms with Crippen LogP contribution in [0.4, 0.5) is 0 Å². The van der Waals surface area contributed by atoms with Crippen LogP contribution in [-0.2, 0) is 6.42 Å². The lowest BCUT2D eigenvalue weighted by Gasteiger charge is -2.12. The van der Waals surface area contributed by atoms with Crippen molar-refractivity contribution in [2.45, 2.75) is 33.1 Å². The fourth-order valence-corrected chi connectivity index (χ4v) is 1.95. The minimum atomic E-state index is 0.677. The standard InChI is InChI=1S/C17H27NO2/c1-4-8-15-14-16(19-6-3)9-10-17(15)20-13-7-12-18-11-5-2/h4,9-10,14,18H,1,5-8,11-13H2,2-3H3. The van der Waals surface area contributed by atoms with Crippen LogP contribution in [0.2, 0.25) is 0 Å². The van der Waals surface area contributed by atoms with E-state index >= 15 is 0 Å². The summed E-state index contributed by atoms with van der Waals surface area (Å²) in [5.41, 5.74) is 1.13. The van der Waals surface area contributed by atoms with Gasteiger partial charge in [0, 0.05) is 5.56 Å². The topological polar surface area (TPSA) is 30.5 Å². The molecule has 1 N–H and O–H groups in total. The molecule has 0 aliphatic heterocycles. The van der Waals surface area contributed by atoms with Crippen LogP contribution in [0.5, 0.6) is 11.5 Å². The molecule has 0 fully saturated rings. The fraction of sp³-hybridized carbons (Fsp3) is 0.529. The molecule has 0 radical (unpaired) electrons. The van der Waals surface area contributed by atoms with Gasteiger partial charge in [0.15, 0.2) is 0 Å². The summed E-state index contributed by atoms with van der Waals surface area (Å²) < 4.78 is 11.4. The van der Waals surface area contributed by atoms with Gasteiger partial charge < -0.3 is 14.8 Å². The number of rotatable bonds is 11. The Morgan fingerprint density at radius 3 is 2.75 bits per heavy atom. The van der Waals surface area contributed by atoms with Gasteiger partial charge in [-0.25, -0.2) is 0 Å². The van der Waals surface area contributed by atoms with Crippen molar-refractivity contribution in [2.75, 3.05) is 26.3 Å². The summed E-state index contributed by atoms with van der Waals surface area (Å²) in [6, 6.07) is 5.99. The van der Waals surface area contributed by atoms with Gasteiger partial charge in [-0.3, -0.25) is 0 Å². The predicted octanol–water partition coefficient (Wildman–Crippen LogP) is 3.58. The highest BCUT2D eigenvalue weighted by Crippen LogP contribution is 2.25. The zero-order valence-corrected chi connectivity index (χ0v) is 12.8. The van der Waals surface area contributed by atoms with Crippen LogP contribution >= 0.6 is 0 Å². The largest absolute Gasteiger partial charge is 0.494 e. The maximum Gasteiger partial charge on any atom is 0.123 e. The third kappa shape index (κ3) is 6.11. The fourth-order valence-electron chi connectivity index (χ4n) is 1.95. The van der Waals surface area contributed by atoms with Gasteiger partial charge in [0.05, 0.1) is 13.2 Å². The van der Waals surface area contributed by atoms with Crippen molar-refractivity contribution in [1.82, 2.24) is 5.32 Å². The van der Waals surface area contributed by atoms with Gasteiger partial charge in [0.1, 0.15) is 11.5 Å². The second-order valence-electron chi connectivity index (χ2n) is 4.65. The molecule has 1 aromatic rings. The molecule has 1 aromatic carbocycles. The third-order valence-corrected chi connectivity index (χ3v) is 2.89. The van der Waals surface area contributed by atoms with Crippen molar-refractivity contribution in [2.24, 2.45) is 0 Å². The van der Waals surface area contributed by atoms with Crippen LogP contribution in [0.1, 0.15) is 32.3 Å². The van der Waals surface area contributed by atoms with Crippen LogP contribution < -0.4 is 14.8 Å². The first-order chi connectivity index (χ1) is 9.81. The van der Waals surface area contributed by atoms with E-state index in [1.165, 1.54) is 6.42 Å². The zero-order chi connectivity index (χ0) is 14.6. The zero-order valence-electron chi connectivity index (χ0n) is 12.8. The van der Waals surface area contributed by atoms with Crippen LogP contribution in [0.25, 0.3) is 0 Å². The molecule has 3 heteroatoms. The first-order valence-corrected chi connectivity index (χ1v) is 7.52. The van der Waals surface area contributed by atoms with E-state index in [9.17, 15) is 0 Å². The summed E-state index contributed by atoms with van der Waals surface area (Å²) in [6.07, 6.45) is 4.87. The van der Waals surface area contributed by atoms with Gasteiger partial charge in [-0.05, 0) is 57.5 Å². The number of nitrogens with one attached hydrogen (secondary N) is 1. The summed E-state index contributed by atoms with van der Waals surface area (Å²) in [7, 11) is 0. The molecule has 0 saturated carbocycles. The molecule has 20 heavy (non-hydrogen) atoms. The molecule has 0 amide bonds. The highest BCUT2D eigenvalue weighted by Gasteiger charge is 2.05. The second kappa shape index (κ2) is 10.3. The van der Waals surface area contributed by atoms with Gasteiger partial charge in [0.25, 0.3) is 0 Å². The van der Waals surface area contributed by atoms with Crippen LogP contribution in [0.15, 0.2) is 30.9 Å². The Hall–Kier alpha value is -1.48. The lowest BCUT2D eigenvalue weighted by Crippen LogP contribution is -2.18. The lowest BCUT2D eigenvalue weighted by atomic mass is 10.1. The van der Waals surface area contributed by atoms with Crippen LogP contribution in [-0.4, -0.2) is 26.3 Å². The molecule has 1 rings (SSSR count). The summed E-state index contributed by atoms with van der Waals surface area (Å²) in [5, 5.41) is 3.37. The normalized spacial score (nSPS) is 10.3. The third-order valence-electron chi connectivity index (χ3n) is 2.89. The molecular weight excluding hydrogens is 250 g/mol. The van der Waals surface area contributed by atoms with E-state index in [1.54, 1.807) is 0 Å². The predicted molar refractivity (Wildman–Crippen MR) is 84.8 cm³/mol. The Morgan fingerprint density at radius 1 is 1.20 bits per heavy atom. The molecule has 3 nitrogen and oxygen atoms in total. The molecule has 0 aliphatic carbocycles. The van der Waals surface area contributed by atoms with Gasteiger partial charge in [-0.15, -0.1) is 6.58 Å². The Kier molecular flexibility index (Phi) is 8.56. The molecule has 112 valence electrons. The van der Waals surface area contributed by atoms with Gasteiger partial charge in [-0.1, -0.05) is 13.0 Å². The molecule has 0 bridgehead atoms. The second-order valence-corrected chi connectivity index (χ2v) is 4.65. The SMILES string of the molecule is C=CCc1cc(OCC)ccc1OCCCNCCC. The molecule has 0 unspecified atom stereocenters. The summed E-state index contributed by atoms with van der Waals surface area (Å²) in [4.78, 5) is 0. The van der Waals surface area contributed by atoms with E-state index in [1.807, 2.05) is 31.2 Å². The summed E-state index contributed by atoms with van der Waals surface area (Å²) >= 11 is 0. The Morgan fingerprint density at radius 2 is 2.05 bits per heavy atom. The monoisotopic (exact) mass is 277 g/mol. The molecule has 0 saturated heterocycles. The summed E-state index contributed by atoms with van der Waals surface area (Å²) in [5.74, 6) is 1.82. The molecule has 0 aliphatic rings.